The molecule has 0 fully saturated rings. The molecule has 2 aromatic heterocycles. The number of aromatic nitrogens is 3. The highest BCUT2D eigenvalue weighted by atomic mass is 16.5. The van der Waals surface area contributed by atoms with E-state index in [4.69, 9.17) is 4.74 Å². The fourth-order valence-corrected chi connectivity index (χ4v) is 2.27. The summed E-state index contributed by atoms with van der Waals surface area (Å²) in [5.41, 5.74) is 1.91. The molecule has 0 spiro atoms. The van der Waals surface area contributed by atoms with Crippen LogP contribution in [-0.4, -0.2) is 27.5 Å². The van der Waals surface area contributed by atoms with Crippen LogP contribution in [0.25, 0.3) is 0 Å². The molecule has 0 radical (unpaired) electrons. The van der Waals surface area contributed by atoms with Crippen molar-refractivity contribution >= 4 is 17.4 Å². The second kappa shape index (κ2) is 8.57. The summed E-state index contributed by atoms with van der Waals surface area (Å²) in [5, 5.41) is 5.94. The van der Waals surface area contributed by atoms with E-state index in [0.29, 0.717) is 30.4 Å². The van der Waals surface area contributed by atoms with E-state index in [1.165, 1.54) is 12.4 Å². The van der Waals surface area contributed by atoms with Gasteiger partial charge >= 0.3 is 0 Å². The molecule has 3 rings (SSSR count). The maximum atomic E-state index is 12.4. The van der Waals surface area contributed by atoms with Crippen LogP contribution in [0, 0.1) is 0 Å². The number of anilines is 2. The fraction of sp³-hybridized carbons (Fsp3) is 0.158. The van der Waals surface area contributed by atoms with Crippen LogP contribution in [0.3, 0.4) is 0 Å². The highest BCUT2D eigenvalue weighted by Gasteiger charge is 2.11. The number of hydrogen-bond acceptors (Lipinski definition) is 6. The van der Waals surface area contributed by atoms with Gasteiger partial charge in [0.25, 0.3) is 5.91 Å². The first-order valence-corrected chi connectivity index (χ1v) is 8.24. The van der Waals surface area contributed by atoms with Gasteiger partial charge in [0.15, 0.2) is 0 Å². The zero-order valence-corrected chi connectivity index (χ0v) is 14.3. The van der Waals surface area contributed by atoms with Gasteiger partial charge in [-0.1, -0.05) is 12.1 Å². The number of benzene rings is 1. The largest absolute Gasteiger partial charge is 0.492 e. The summed E-state index contributed by atoms with van der Waals surface area (Å²) in [7, 11) is 0. The number of carbonyl (C=O) groups excluding carboxylic acids is 1. The van der Waals surface area contributed by atoms with E-state index in [0.717, 1.165) is 5.56 Å². The van der Waals surface area contributed by atoms with E-state index in [-0.39, 0.29) is 11.6 Å². The van der Waals surface area contributed by atoms with Crippen LogP contribution in [0.1, 0.15) is 23.0 Å². The Morgan fingerprint density at radius 3 is 2.62 bits per heavy atom. The maximum Gasteiger partial charge on any atom is 0.275 e. The Labute approximate surface area is 151 Å². The molecule has 132 valence electrons. The summed E-state index contributed by atoms with van der Waals surface area (Å²) < 4.78 is 5.50. The van der Waals surface area contributed by atoms with Gasteiger partial charge in [-0.3, -0.25) is 9.78 Å². The topological polar surface area (TPSA) is 89.0 Å². The third-order valence-corrected chi connectivity index (χ3v) is 3.54. The monoisotopic (exact) mass is 349 g/mol. The molecular formula is C19H19N5O2. The van der Waals surface area contributed by atoms with Crippen LogP contribution in [0.15, 0.2) is 61.2 Å². The molecule has 0 aliphatic carbocycles. The Morgan fingerprint density at radius 2 is 1.88 bits per heavy atom. The van der Waals surface area contributed by atoms with Gasteiger partial charge in [-0.05, 0) is 36.8 Å². The van der Waals surface area contributed by atoms with E-state index in [2.05, 4.69) is 25.6 Å². The van der Waals surface area contributed by atoms with Crippen molar-refractivity contribution in [3.05, 3.63) is 72.4 Å². The molecule has 0 atom stereocenters. The number of nitrogens with zero attached hydrogens (tertiary/aromatic N) is 3. The highest BCUT2D eigenvalue weighted by Crippen LogP contribution is 2.24. The van der Waals surface area contributed by atoms with Crippen molar-refractivity contribution in [2.24, 2.45) is 0 Å². The van der Waals surface area contributed by atoms with Crippen LogP contribution in [0.5, 0.6) is 5.75 Å². The third kappa shape index (κ3) is 4.54. The van der Waals surface area contributed by atoms with E-state index in [1.807, 2.05) is 31.2 Å². The normalized spacial score (nSPS) is 10.2. The maximum absolute atomic E-state index is 12.4. The number of hydrogen-bond donors (Lipinski definition) is 2. The van der Waals surface area contributed by atoms with Crippen molar-refractivity contribution in [2.75, 3.05) is 17.2 Å². The average Bonchev–Trinajstić information content (AvgIpc) is 2.69. The molecule has 0 saturated heterocycles. The van der Waals surface area contributed by atoms with E-state index < -0.39 is 0 Å². The minimum Gasteiger partial charge on any atom is -0.492 e. The summed E-state index contributed by atoms with van der Waals surface area (Å²) in [6.07, 6.45) is 6.44. The average molecular weight is 349 g/mol. The summed E-state index contributed by atoms with van der Waals surface area (Å²) in [5.74, 6) is 0.866. The third-order valence-electron chi connectivity index (χ3n) is 3.54. The molecule has 26 heavy (non-hydrogen) atoms. The molecule has 3 aromatic rings. The minimum absolute atomic E-state index is 0.228. The lowest BCUT2D eigenvalue weighted by molar-refractivity contribution is 0.102. The predicted molar refractivity (Wildman–Crippen MR) is 99.2 cm³/mol. The van der Waals surface area contributed by atoms with Gasteiger partial charge < -0.3 is 15.4 Å². The van der Waals surface area contributed by atoms with E-state index in [9.17, 15) is 4.79 Å². The Bertz CT molecular complexity index is 853. The number of ether oxygens (including phenoxy) is 1. The molecule has 0 aliphatic heterocycles. The van der Waals surface area contributed by atoms with Gasteiger partial charge in [-0.25, -0.2) is 9.97 Å². The zero-order valence-electron chi connectivity index (χ0n) is 14.3. The molecular weight excluding hydrogens is 330 g/mol. The van der Waals surface area contributed by atoms with Gasteiger partial charge in [-0.2, -0.15) is 0 Å². The second-order valence-corrected chi connectivity index (χ2v) is 5.38. The zero-order chi connectivity index (χ0) is 18.2. The Hall–Kier alpha value is -3.48. The lowest BCUT2D eigenvalue weighted by Gasteiger charge is -2.11. The van der Waals surface area contributed by atoms with Crippen molar-refractivity contribution in [3.8, 4) is 5.75 Å². The molecule has 0 saturated carbocycles. The number of para-hydroxylation sites is 2. The molecule has 0 unspecified atom stereocenters. The Morgan fingerprint density at radius 1 is 1.08 bits per heavy atom. The second-order valence-electron chi connectivity index (χ2n) is 5.38. The number of rotatable bonds is 7. The van der Waals surface area contributed by atoms with Gasteiger partial charge in [0.1, 0.15) is 17.3 Å². The fourth-order valence-electron chi connectivity index (χ4n) is 2.27. The van der Waals surface area contributed by atoms with Crippen LogP contribution in [0.2, 0.25) is 0 Å². The Balaban J connectivity index is 1.62. The summed E-state index contributed by atoms with van der Waals surface area (Å²) in [4.78, 5) is 24.7. The van der Waals surface area contributed by atoms with Crippen LogP contribution in [-0.2, 0) is 6.54 Å². The molecule has 0 aliphatic rings. The standard InChI is InChI=1S/C19H19N5O2/c1-2-26-17-6-4-3-5-15(17)24-19(25)16-12-23-18(13-21-16)22-11-14-7-9-20-10-8-14/h3-10,12-13H,2,11H2,1H3,(H,22,23)(H,24,25). The number of pyridine rings is 1. The lowest BCUT2D eigenvalue weighted by atomic mass is 10.2. The predicted octanol–water partition coefficient (Wildman–Crippen LogP) is 3.13. The van der Waals surface area contributed by atoms with Crippen molar-refractivity contribution in [2.45, 2.75) is 13.5 Å². The molecule has 2 heterocycles. The van der Waals surface area contributed by atoms with E-state index in [1.54, 1.807) is 24.5 Å². The molecule has 1 amide bonds. The van der Waals surface area contributed by atoms with Crippen molar-refractivity contribution in [3.63, 3.8) is 0 Å². The van der Waals surface area contributed by atoms with E-state index >= 15 is 0 Å². The first-order valence-electron chi connectivity index (χ1n) is 8.24. The van der Waals surface area contributed by atoms with Crippen molar-refractivity contribution in [1.82, 2.24) is 15.0 Å². The number of nitrogens with one attached hydrogen (secondary N) is 2. The summed E-state index contributed by atoms with van der Waals surface area (Å²) in [6, 6.07) is 11.1. The molecule has 7 heteroatoms. The van der Waals surface area contributed by atoms with Gasteiger partial charge in [-0.15, -0.1) is 0 Å². The van der Waals surface area contributed by atoms with Crippen molar-refractivity contribution in [1.29, 1.82) is 0 Å². The highest BCUT2D eigenvalue weighted by molar-refractivity contribution is 6.03. The molecule has 7 nitrogen and oxygen atoms in total. The van der Waals surface area contributed by atoms with Gasteiger partial charge in [0.2, 0.25) is 0 Å². The van der Waals surface area contributed by atoms with Crippen LogP contribution < -0.4 is 15.4 Å². The Kier molecular flexibility index (Phi) is 5.72. The van der Waals surface area contributed by atoms with Gasteiger partial charge in [0.05, 0.1) is 24.7 Å². The molecule has 2 N–H and O–H groups in total. The molecule has 1 aromatic carbocycles. The van der Waals surface area contributed by atoms with Crippen molar-refractivity contribution < 1.29 is 9.53 Å². The summed E-state index contributed by atoms with van der Waals surface area (Å²) >= 11 is 0. The van der Waals surface area contributed by atoms with Gasteiger partial charge in [0, 0.05) is 18.9 Å². The minimum atomic E-state index is -0.342. The SMILES string of the molecule is CCOc1ccccc1NC(=O)c1cnc(NCc2ccncc2)cn1. The quantitative estimate of drug-likeness (QED) is 0.681. The first kappa shape index (κ1) is 17.3. The smallest absolute Gasteiger partial charge is 0.275 e. The van der Waals surface area contributed by atoms with Crippen LogP contribution in [0.4, 0.5) is 11.5 Å². The number of carbonyl (C=O) groups is 1. The lowest BCUT2D eigenvalue weighted by Crippen LogP contribution is -2.15. The first-order chi connectivity index (χ1) is 12.8. The van der Waals surface area contributed by atoms with Crippen LogP contribution >= 0.6 is 0 Å². The summed E-state index contributed by atoms with van der Waals surface area (Å²) in [6.45, 7) is 3.01. The molecule has 0 bridgehead atoms. The number of amides is 1.